The van der Waals surface area contributed by atoms with Crippen molar-refractivity contribution in [3.8, 4) is 0 Å². The Morgan fingerprint density at radius 2 is 2.24 bits per heavy atom. The average molecular weight is 315 g/mol. The summed E-state index contributed by atoms with van der Waals surface area (Å²) in [5.41, 5.74) is 0. The normalized spacial score (nSPS) is 22.3. The molecule has 2 N–H and O–H groups in total. The molecule has 1 aromatic rings. The highest BCUT2D eigenvalue weighted by atomic mass is 32.2. The summed E-state index contributed by atoms with van der Waals surface area (Å²) in [6.07, 6.45) is 1.97. The molecule has 2 unspecified atom stereocenters. The molecule has 1 aromatic heterocycles. The standard InChI is InChI=1S/C14H25N3O3S/c1-11-6-7-14(20-11)12(2)16-21(18,19)17-8-4-5-13(10-17)9-15-3/h6-7,12-13,15-16H,4-5,8-10H2,1-3H3. The fourth-order valence-electron chi connectivity index (χ4n) is 2.74. The first kappa shape index (κ1) is 16.5. The fraction of sp³-hybridized carbons (Fsp3) is 0.714. The first-order valence-electron chi connectivity index (χ1n) is 7.40. The van der Waals surface area contributed by atoms with E-state index in [4.69, 9.17) is 4.42 Å². The maximum atomic E-state index is 12.5. The maximum Gasteiger partial charge on any atom is 0.280 e. The second-order valence-electron chi connectivity index (χ2n) is 5.72. The summed E-state index contributed by atoms with van der Waals surface area (Å²) in [6, 6.07) is 3.28. The fourth-order valence-corrected chi connectivity index (χ4v) is 4.23. The average Bonchev–Trinajstić information content (AvgIpc) is 2.86. The minimum atomic E-state index is -3.48. The molecule has 6 nitrogen and oxygen atoms in total. The quantitative estimate of drug-likeness (QED) is 0.832. The number of nitrogens with zero attached hydrogens (tertiary/aromatic N) is 1. The molecule has 0 radical (unpaired) electrons. The molecule has 0 spiro atoms. The van der Waals surface area contributed by atoms with Crippen molar-refractivity contribution in [3.63, 3.8) is 0 Å². The van der Waals surface area contributed by atoms with Crippen LogP contribution in [0.25, 0.3) is 0 Å². The molecule has 1 fully saturated rings. The molecule has 1 saturated heterocycles. The van der Waals surface area contributed by atoms with E-state index in [0.29, 0.717) is 24.8 Å². The summed E-state index contributed by atoms with van der Waals surface area (Å²) >= 11 is 0. The zero-order valence-corrected chi connectivity index (χ0v) is 13.7. The molecule has 1 aliphatic heterocycles. The summed E-state index contributed by atoms with van der Waals surface area (Å²) in [5, 5.41) is 3.12. The van der Waals surface area contributed by atoms with Crippen molar-refractivity contribution in [1.29, 1.82) is 0 Å². The highest BCUT2D eigenvalue weighted by molar-refractivity contribution is 7.87. The van der Waals surface area contributed by atoms with Crippen LogP contribution in [0, 0.1) is 12.8 Å². The van der Waals surface area contributed by atoms with Crippen molar-refractivity contribution in [2.24, 2.45) is 5.92 Å². The maximum absolute atomic E-state index is 12.5. The van der Waals surface area contributed by atoms with Crippen molar-refractivity contribution in [3.05, 3.63) is 23.7 Å². The predicted octanol–water partition coefficient (Wildman–Crippen LogP) is 1.41. The second kappa shape index (κ2) is 6.91. The number of rotatable bonds is 6. The van der Waals surface area contributed by atoms with Gasteiger partial charge in [0.15, 0.2) is 0 Å². The van der Waals surface area contributed by atoms with Crippen molar-refractivity contribution in [2.75, 3.05) is 26.7 Å². The van der Waals surface area contributed by atoms with Crippen LogP contribution in [0.15, 0.2) is 16.5 Å². The highest BCUT2D eigenvalue weighted by Crippen LogP contribution is 2.21. The Bertz CT molecular complexity index is 554. The van der Waals surface area contributed by atoms with Crippen LogP contribution in [0.4, 0.5) is 0 Å². The summed E-state index contributed by atoms with van der Waals surface area (Å²) < 4.78 is 34.7. The first-order valence-corrected chi connectivity index (χ1v) is 8.84. The number of hydrogen-bond acceptors (Lipinski definition) is 4. The Morgan fingerprint density at radius 1 is 1.48 bits per heavy atom. The van der Waals surface area contributed by atoms with Gasteiger partial charge in [-0.05, 0) is 58.3 Å². The molecule has 21 heavy (non-hydrogen) atoms. The summed E-state index contributed by atoms with van der Waals surface area (Å²) in [5.74, 6) is 1.80. The number of hydrogen-bond donors (Lipinski definition) is 2. The van der Waals surface area contributed by atoms with Gasteiger partial charge in [-0.2, -0.15) is 17.4 Å². The van der Waals surface area contributed by atoms with Gasteiger partial charge < -0.3 is 9.73 Å². The van der Waals surface area contributed by atoms with Gasteiger partial charge in [-0.25, -0.2) is 0 Å². The summed E-state index contributed by atoms with van der Waals surface area (Å²) in [6.45, 7) is 5.64. The number of nitrogens with one attached hydrogen (secondary N) is 2. The Balaban J connectivity index is 2.00. The van der Waals surface area contributed by atoms with E-state index in [2.05, 4.69) is 10.0 Å². The SMILES string of the molecule is CNCC1CCCN(S(=O)(=O)NC(C)c2ccc(C)o2)C1. The molecule has 1 aliphatic rings. The molecule has 120 valence electrons. The van der Waals surface area contributed by atoms with E-state index in [1.807, 2.05) is 26.1 Å². The smallest absolute Gasteiger partial charge is 0.280 e. The molecule has 0 aliphatic carbocycles. The highest BCUT2D eigenvalue weighted by Gasteiger charge is 2.30. The molecule has 2 atom stereocenters. The molecule has 0 aromatic carbocycles. The molecule has 2 rings (SSSR count). The van der Waals surface area contributed by atoms with E-state index in [9.17, 15) is 8.42 Å². The largest absolute Gasteiger partial charge is 0.465 e. The van der Waals surface area contributed by atoms with Crippen LogP contribution in [0.1, 0.15) is 37.3 Å². The van der Waals surface area contributed by atoms with Crippen LogP contribution in [-0.4, -0.2) is 39.4 Å². The molecule has 2 heterocycles. The Morgan fingerprint density at radius 3 is 2.86 bits per heavy atom. The third-order valence-corrected chi connectivity index (χ3v) is 5.49. The van der Waals surface area contributed by atoms with Crippen LogP contribution in [0.3, 0.4) is 0 Å². The lowest BCUT2D eigenvalue weighted by Crippen LogP contribution is -2.47. The van der Waals surface area contributed by atoms with Gasteiger partial charge in [-0.1, -0.05) is 0 Å². The van der Waals surface area contributed by atoms with Crippen LogP contribution in [0.5, 0.6) is 0 Å². The van der Waals surface area contributed by atoms with Gasteiger partial charge in [-0.15, -0.1) is 0 Å². The van der Waals surface area contributed by atoms with E-state index in [1.54, 1.807) is 11.2 Å². The van der Waals surface area contributed by atoms with Crippen molar-refractivity contribution in [2.45, 2.75) is 32.7 Å². The van der Waals surface area contributed by atoms with E-state index in [0.717, 1.165) is 25.1 Å². The molecular formula is C14H25N3O3S. The van der Waals surface area contributed by atoms with Crippen LogP contribution in [0.2, 0.25) is 0 Å². The van der Waals surface area contributed by atoms with Gasteiger partial charge in [-0.3, -0.25) is 0 Å². The van der Waals surface area contributed by atoms with Gasteiger partial charge in [0, 0.05) is 13.1 Å². The van der Waals surface area contributed by atoms with Crippen molar-refractivity contribution in [1.82, 2.24) is 14.3 Å². The Labute approximate surface area is 127 Å². The lowest BCUT2D eigenvalue weighted by atomic mass is 10.00. The van der Waals surface area contributed by atoms with Gasteiger partial charge >= 0.3 is 0 Å². The van der Waals surface area contributed by atoms with Gasteiger partial charge in [0.05, 0.1) is 6.04 Å². The zero-order valence-electron chi connectivity index (χ0n) is 12.9. The molecule has 0 saturated carbocycles. The van der Waals surface area contributed by atoms with Gasteiger partial charge in [0.25, 0.3) is 10.2 Å². The second-order valence-corrected chi connectivity index (χ2v) is 7.42. The van der Waals surface area contributed by atoms with Gasteiger partial charge in [0.2, 0.25) is 0 Å². The summed E-state index contributed by atoms with van der Waals surface area (Å²) in [4.78, 5) is 0. The first-order chi connectivity index (χ1) is 9.92. The molecule has 7 heteroatoms. The monoisotopic (exact) mass is 315 g/mol. The van der Waals surface area contributed by atoms with E-state index in [-0.39, 0.29) is 6.04 Å². The molecule has 0 bridgehead atoms. The summed E-state index contributed by atoms with van der Waals surface area (Å²) in [7, 11) is -1.58. The van der Waals surface area contributed by atoms with E-state index in [1.165, 1.54) is 0 Å². The van der Waals surface area contributed by atoms with E-state index >= 15 is 0 Å². The third kappa shape index (κ3) is 4.29. The molecule has 0 amide bonds. The minimum Gasteiger partial charge on any atom is -0.465 e. The number of piperidine rings is 1. The minimum absolute atomic E-state index is 0.367. The van der Waals surface area contributed by atoms with Crippen LogP contribution < -0.4 is 10.0 Å². The van der Waals surface area contributed by atoms with E-state index < -0.39 is 10.2 Å². The zero-order chi connectivity index (χ0) is 15.5. The number of furan rings is 1. The van der Waals surface area contributed by atoms with Gasteiger partial charge in [0.1, 0.15) is 11.5 Å². The third-order valence-electron chi connectivity index (χ3n) is 3.83. The lowest BCUT2D eigenvalue weighted by Gasteiger charge is -2.32. The van der Waals surface area contributed by atoms with Crippen LogP contribution in [-0.2, 0) is 10.2 Å². The topological polar surface area (TPSA) is 74.6 Å². The van der Waals surface area contributed by atoms with Crippen molar-refractivity contribution >= 4 is 10.2 Å². The Kier molecular flexibility index (Phi) is 5.43. The lowest BCUT2D eigenvalue weighted by molar-refractivity contribution is 0.259. The Hall–Kier alpha value is -0.890. The number of aryl methyl sites for hydroxylation is 1. The van der Waals surface area contributed by atoms with Crippen molar-refractivity contribution < 1.29 is 12.8 Å². The van der Waals surface area contributed by atoms with Crippen LogP contribution >= 0.6 is 0 Å². The predicted molar refractivity (Wildman–Crippen MR) is 82.1 cm³/mol. The molecular weight excluding hydrogens is 290 g/mol.